The third-order valence-electron chi connectivity index (χ3n) is 3.21. The molecule has 0 radical (unpaired) electrons. The van der Waals surface area contributed by atoms with Gasteiger partial charge in [-0.05, 0) is 37.3 Å². The lowest BCUT2D eigenvalue weighted by Gasteiger charge is -2.14. The molecule has 0 aliphatic heterocycles. The molecule has 24 heavy (non-hydrogen) atoms. The first-order valence-electron chi connectivity index (χ1n) is 6.71. The Morgan fingerprint density at radius 2 is 1.67 bits per heavy atom. The van der Waals surface area contributed by atoms with Gasteiger partial charge in [0.2, 0.25) is 0 Å². The van der Waals surface area contributed by atoms with E-state index in [1.807, 2.05) is 0 Å². The summed E-state index contributed by atoms with van der Waals surface area (Å²) >= 11 is 0. The van der Waals surface area contributed by atoms with E-state index >= 15 is 0 Å². The molecule has 0 unspecified atom stereocenters. The second kappa shape index (κ2) is 6.69. The van der Waals surface area contributed by atoms with Crippen molar-refractivity contribution in [3.05, 3.63) is 47.3 Å². The molecule has 1 aliphatic carbocycles. The van der Waals surface area contributed by atoms with Crippen LogP contribution >= 0.6 is 15.2 Å². The zero-order chi connectivity index (χ0) is 18.1. The lowest BCUT2D eigenvalue weighted by atomic mass is 10.1. The number of benzene rings is 1. The van der Waals surface area contributed by atoms with Crippen molar-refractivity contribution in [3.8, 4) is 0 Å². The smallest absolute Gasteiger partial charge is 0.321 e. The van der Waals surface area contributed by atoms with Crippen LogP contribution in [0, 0.1) is 6.92 Å². The molecule has 8 nitrogen and oxygen atoms in total. The van der Waals surface area contributed by atoms with Gasteiger partial charge in [-0.1, -0.05) is 11.6 Å². The minimum atomic E-state index is -4.56. The van der Waals surface area contributed by atoms with E-state index < -0.39 is 15.2 Å². The van der Waals surface area contributed by atoms with E-state index in [2.05, 4.69) is 9.98 Å². The van der Waals surface area contributed by atoms with Gasteiger partial charge in [0.1, 0.15) is 0 Å². The predicted molar refractivity (Wildman–Crippen MR) is 92.6 cm³/mol. The topological polar surface area (TPSA) is 140 Å². The van der Waals surface area contributed by atoms with E-state index in [-0.39, 0.29) is 27.7 Å². The standard InChI is InChI=1S/C14H16N2O6P2/c1-9-3-5-12(13(7-9)23(17,18)19)16-10-4-6-11(15-2)14(8-10)24(20,21)22/h3-8H,1-2H3,(H2,17,18,19)(H2,20,21,22). The van der Waals surface area contributed by atoms with Crippen LogP contribution in [0.5, 0.6) is 0 Å². The molecule has 128 valence electrons. The second-order valence-corrected chi connectivity index (χ2v) is 8.23. The van der Waals surface area contributed by atoms with Gasteiger partial charge in [0, 0.05) is 7.05 Å². The molecule has 1 aromatic carbocycles. The van der Waals surface area contributed by atoms with Crippen molar-refractivity contribution in [1.29, 1.82) is 0 Å². The molecule has 0 aromatic heterocycles. The van der Waals surface area contributed by atoms with E-state index in [0.717, 1.165) is 6.08 Å². The van der Waals surface area contributed by atoms with Gasteiger partial charge in [-0.2, -0.15) is 0 Å². The van der Waals surface area contributed by atoms with Crippen molar-refractivity contribution < 1.29 is 28.7 Å². The Hall–Kier alpha value is -1.66. The van der Waals surface area contributed by atoms with Crippen LogP contribution < -0.4 is 5.30 Å². The summed E-state index contributed by atoms with van der Waals surface area (Å²) in [7, 11) is -7.71. The number of aliphatic imine (C=N–C) groups is 2. The molecule has 0 spiro atoms. The Balaban J connectivity index is 2.60. The molecule has 1 aliphatic rings. The Labute approximate surface area is 138 Å². The zero-order valence-electron chi connectivity index (χ0n) is 12.9. The highest BCUT2D eigenvalue weighted by atomic mass is 31.2. The van der Waals surface area contributed by atoms with Crippen molar-refractivity contribution in [1.82, 2.24) is 0 Å². The molecule has 10 heteroatoms. The molecular formula is C14H16N2O6P2. The monoisotopic (exact) mass is 370 g/mol. The van der Waals surface area contributed by atoms with Crippen LogP contribution in [0.1, 0.15) is 5.56 Å². The van der Waals surface area contributed by atoms with Gasteiger partial charge < -0.3 is 19.6 Å². The van der Waals surface area contributed by atoms with Gasteiger partial charge in [0.25, 0.3) is 0 Å². The maximum atomic E-state index is 11.6. The number of nitrogens with zero attached hydrogens (tertiary/aromatic N) is 2. The van der Waals surface area contributed by atoms with E-state index in [0.29, 0.717) is 5.56 Å². The van der Waals surface area contributed by atoms with Crippen LogP contribution in [0.2, 0.25) is 0 Å². The lowest BCUT2D eigenvalue weighted by molar-refractivity contribution is 0.383. The quantitative estimate of drug-likeness (QED) is 0.470. The van der Waals surface area contributed by atoms with E-state index in [1.54, 1.807) is 13.0 Å². The molecule has 1 aromatic rings. The number of aryl methyl sites for hydroxylation is 1. The highest BCUT2D eigenvalue weighted by molar-refractivity contribution is 7.60. The van der Waals surface area contributed by atoms with E-state index in [1.165, 1.54) is 31.3 Å². The van der Waals surface area contributed by atoms with Crippen LogP contribution in [0.3, 0.4) is 0 Å². The fourth-order valence-corrected chi connectivity index (χ4v) is 3.67. The highest BCUT2D eigenvalue weighted by Gasteiger charge is 2.27. The first kappa shape index (κ1) is 18.7. The van der Waals surface area contributed by atoms with Gasteiger partial charge >= 0.3 is 15.2 Å². The number of hydrogen-bond donors (Lipinski definition) is 4. The summed E-state index contributed by atoms with van der Waals surface area (Å²) in [6.07, 6.45) is 4.01. The third-order valence-corrected chi connectivity index (χ3v) is 5.18. The summed E-state index contributed by atoms with van der Waals surface area (Å²) in [5.41, 5.74) is 0.968. The SMILES string of the molecule is CN=C1C=CC(=Nc2ccc(C)cc2P(=O)(O)O)C=C1P(=O)(O)O. The molecule has 0 saturated carbocycles. The Bertz CT molecular complexity index is 889. The maximum Gasteiger partial charge on any atom is 0.358 e. The molecule has 2 rings (SSSR count). The molecule has 0 saturated heterocycles. The Morgan fingerprint density at radius 1 is 1.00 bits per heavy atom. The Kier molecular flexibility index (Phi) is 5.20. The minimum Gasteiger partial charge on any atom is -0.321 e. The average Bonchev–Trinajstić information content (AvgIpc) is 2.47. The maximum absolute atomic E-state index is 11.6. The summed E-state index contributed by atoms with van der Waals surface area (Å²) in [6, 6.07) is 4.41. The largest absolute Gasteiger partial charge is 0.358 e. The molecule has 0 bridgehead atoms. The van der Waals surface area contributed by atoms with Crippen molar-refractivity contribution in [2.75, 3.05) is 7.05 Å². The van der Waals surface area contributed by atoms with Crippen LogP contribution in [0.4, 0.5) is 5.69 Å². The predicted octanol–water partition coefficient (Wildman–Crippen LogP) is 1.57. The zero-order valence-corrected chi connectivity index (χ0v) is 14.6. The van der Waals surface area contributed by atoms with Crippen molar-refractivity contribution in [2.45, 2.75) is 6.92 Å². The molecule has 0 atom stereocenters. The fraction of sp³-hybridized carbons (Fsp3) is 0.143. The summed E-state index contributed by atoms with van der Waals surface area (Å²) in [5.74, 6) is 0. The van der Waals surface area contributed by atoms with Gasteiger partial charge in [-0.3, -0.25) is 14.1 Å². The molecule has 4 N–H and O–H groups in total. The summed E-state index contributed by atoms with van der Waals surface area (Å²) < 4.78 is 23.2. The van der Waals surface area contributed by atoms with Gasteiger partial charge in [-0.25, -0.2) is 4.99 Å². The fourth-order valence-electron chi connectivity index (χ4n) is 2.10. The van der Waals surface area contributed by atoms with Crippen LogP contribution in [-0.2, 0) is 9.13 Å². The summed E-state index contributed by atoms with van der Waals surface area (Å²) in [5, 5.41) is -0.541. The van der Waals surface area contributed by atoms with Crippen LogP contribution in [-0.4, -0.2) is 38.0 Å². The van der Waals surface area contributed by atoms with Crippen molar-refractivity contribution in [3.63, 3.8) is 0 Å². The van der Waals surface area contributed by atoms with Crippen molar-refractivity contribution in [2.24, 2.45) is 9.98 Å². The number of hydrogen-bond acceptors (Lipinski definition) is 4. The summed E-state index contributed by atoms with van der Waals surface area (Å²) in [4.78, 5) is 45.6. The van der Waals surface area contributed by atoms with Crippen molar-refractivity contribution >= 4 is 37.6 Å². The first-order chi connectivity index (χ1) is 11.0. The highest BCUT2D eigenvalue weighted by Crippen LogP contribution is 2.47. The molecular weight excluding hydrogens is 354 g/mol. The van der Waals surface area contributed by atoms with Gasteiger partial charge in [-0.15, -0.1) is 0 Å². The normalized spacial score (nSPS) is 19.0. The molecule has 0 heterocycles. The first-order valence-corrected chi connectivity index (χ1v) is 9.93. The Morgan fingerprint density at radius 3 is 2.21 bits per heavy atom. The molecule has 0 fully saturated rings. The second-order valence-electron chi connectivity index (χ2n) is 5.09. The van der Waals surface area contributed by atoms with E-state index in [9.17, 15) is 28.7 Å². The minimum absolute atomic E-state index is 0.0341. The van der Waals surface area contributed by atoms with Gasteiger partial charge in [0.05, 0.1) is 27.7 Å². The molecule has 0 amide bonds. The van der Waals surface area contributed by atoms with Crippen LogP contribution in [0.15, 0.2) is 51.7 Å². The number of allylic oxidation sites excluding steroid dienone is 4. The van der Waals surface area contributed by atoms with Gasteiger partial charge in [0.15, 0.2) is 0 Å². The lowest BCUT2D eigenvalue weighted by Crippen LogP contribution is -2.10. The summed E-state index contributed by atoms with van der Waals surface area (Å²) in [6.45, 7) is 1.69. The average molecular weight is 370 g/mol. The third kappa shape index (κ3) is 4.24. The van der Waals surface area contributed by atoms with Crippen LogP contribution in [0.25, 0.3) is 0 Å². The number of rotatable bonds is 3. The van der Waals surface area contributed by atoms with E-state index in [4.69, 9.17) is 0 Å².